The number of aliphatic hydroxyl groups is 1. The normalized spacial score (nSPS) is 21.6. The van der Waals surface area contributed by atoms with Crippen LogP contribution in [0.4, 0.5) is 5.69 Å². The first-order valence-electron chi connectivity index (χ1n) is 7.09. The minimum absolute atomic E-state index is 0.0293. The van der Waals surface area contributed by atoms with E-state index in [9.17, 15) is 14.7 Å². The van der Waals surface area contributed by atoms with Crippen molar-refractivity contribution in [1.29, 1.82) is 0 Å². The molecule has 0 radical (unpaired) electrons. The van der Waals surface area contributed by atoms with Crippen LogP contribution in [0, 0.1) is 5.92 Å². The van der Waals surface area contributed by atoms with Crippen molar-refractivity contribution in [3.05, 3.63) is 29.3 Å². The molecule has 0 spiro atoms. The lowest BCUT2D eigenvalue weighted by molar-refractivity contribution is -0.136. The zero-order valence-electron chi connectivity index (χ0n) is 11.6. The topological polar surface area (TPSA) is 78.4 Å². The van der Waals surface area contributed by atoms with Gasteiger partial charge in [0.2, 0.25) is 0 Å². The van der Waals surface area contributed by atoms with Crippen LogP contribution in [0.1, 0.15) is 25.7 Å². The van der Waals surface area contributed by atoms with Crippen molar-refractivity contribution in [1.82, 2.24) is 5.32 Å². The predicted octanol–water partition coefficient (Wildman–Crippen LogP) is 1.95. The third kappa shape index (κ3) is 4.72. The van der Waals surface area contributed by atoms with E-state index in [4.69, 9.17) is 11.6 Å². The molecule has 1 aliphatic rings. The zero-order chi connectivity index (χ0) is 15.2. The van der Waals surface area contributed by atoms with E-state index in [0.29, 0.717) is 17.3 Å². The van der Waals surface area contributed by atoms with Gasteiger partial charge in [-0.2, -0.15) is 0 Å². The Morgan fingerprint density at radius 3 is 2.71 bits per heavy atom. The van der Waals surface area contributed by atoms with Crippen molar-refractivity contribution in [3.63, 3.8) is 0 Å². The highest BCUT2D eigenvalue weighted by Gasteiger charge is 2.24. The summed E-state index contributed by atoms with van der Waals surface area (Å²) in [5, 5.41) is 15.4. The van der Waals surface area contributed by atoms with Crippen LogP contribution in [-0.2, 0) is 9.59 Å². The standard InChI is InChI=1S/C15H19ClN2O3/c16-11-5-3-6-12(8-11)18-15(21)14(20)17-9-10-4-1-2-7-13(10)19/h3,5-6,8,10,13,19H,1-2,4,7,9H2,(H,17,20)(H,18,21)/t10-,13+/m1/s1. The van der Waals surface area contributed by atoms with Crippen molar-refractivity contribution in [3.8, 4) is 0 Å². The van der Waals surface area contributed by atoms with Crippen LogP contribution in [0.3, 0.4) is 0 Å². The first kappa shape index (κ1) is 15.8. The number of nitrogens with one attached hydrogen (secondary N) is 2. The van der Waals surface area contributed by atoms with Gasteiger partial charge in [0.25, 0.3) is 0 Å². The minimum Gasteiger partial charge on any atom is -0.393 e. The summed E-state index contributed by atoms with van der Waals surface area (Å²) in [5.41, 5.74) is 0.473. The summed E-state index contributed by atoms with van der Waals surface area (Å²) in [6, 6.07) is 6.59. The number of carbonyl (C=O) groups excluding carboxylic acids is 2. The molecule has 1 aliphatic carbocycles. The molecule has 2 amide bonds. The second kappa shape index (κ2) is 7.43. The predicted molar refractivity (Wildman–Crippen MR) is 81.1 cm³/mol. The maximum atomic E-state index is 11.7. The molecule has 0 aromatic heterocycles. The Morgan fingerprint density at radius 1 is 1.24 bits per heavy atom. The maximum absolute atomic E-state index is 11.7. The fraction of sp³-hybridized carbons (Fsp3) is 0.467. The van der Waals surface area contributed by atoms with Gasteiger partial charge in [-0.1, -0.05) is 30.5 Å². The van der Waals surface area contributed by atoms with Gasteiger partial charge in [-0.15, -0.1) is 0 Å². The number of benzene rings is 1. The molecule has 0 bridgehead atoms. The van der Waals surface area contributed by atoms with E-state index in [2.05, 4.69) is 10.6 Å². The van der Waals surface area contributed by atoms with Crippen molar-refractivity contribution in [2.75, 3.05) is 11.9 Å². The highest BCUT2D eigenvalue weighted by Crippen LogP contribution is 2.23. The van der Waals surface area contributed by atoms with E-state index in [1.54, 1.807) is 24.3 Å². The molecule has 2 atom stereocenters. The number of amides is 2. The molecule has 0 aliphatic heterocycles. The van der Waals surface area contributed by atoms with Gasteiger partial charge in [0.05, 0.1) is 6.10 Å². The van der Waals surface area contributed by atoms with Gasteiger partial charge >= 0.3 is 11.8 Å². The molecule has 21 heavy (non-hydrogen) atoms. The molecular weight excluding hydrogens is 292 g/mol. The molecule has 1 aromatic carbocycles. The fourth-order valence-corrected chi connectivity index (χ4v) is 2.67. The second-order valence-corrected chi connectivity index (χ2v) is 5.72. The van der Waals surface area contributed by atoms with Crippen LogP contribution in [0.15, 0.2) is 24.3 Å². The van der Waals surface area contributed by atoms with Crippen LogP contribution >= 0.6 is 11.6 Å². The first-order chi connectivity index (χ1) is 10.1. The Kier molecular flexibility index (Phi) is 5.59. The number of rotatable bonds is 3. The molecule has 0 heterocycles. The quantitative estimate of drug-likeness (QED) is 0.747. The largest absolute Gasteiger partial charge is 0.393 e. The van der Waals surface area contributed by atoms with Gasteiger partial charge < -0.3 is 15.7 Å². The number of hydrogen-bond acceptors (Lipinski definition) is 3. The van der Waals surface area contributed by atoms with E-state index in [1.807, 2.05) is 0 Å². The molecule has 0 unspecified atom stereocenters. The third-order valence-electron chi connectivity index (χ3n) is 3.68. The minimum atomic E-state index is -0.734. The molecule has 1 saturated carbocycles. The van der Waals surface area contributed by atoms with Crippen LogP contribution < -0.4 is 10.6 Å². The van der Waals surface area contributed by atoms with Gasteiger partial charge in [-0.05, 0) is 31.0 Å². The van der Waals surface area contributed by atoms with Crippen LogP contribution in [0.25, 0.3) is 0 Å². The van der Waals surface area contributed by atoms with Crippen molar-refractivity contribution in [2.45, 2.75) is 31.8 Å². The second-order valence-electron chi connectivity index (χ2n) is 5.29. The lowest BCUT2D eigenvalue weighted by atomic mass is 9.86. The molecule has 5 nitrogen and oxygen atoms in total. The summed E-state index contributed by atoms with van der Waals surface area (Å²) in [7, 11) is 0. The summed E-state index contributed by atoms with van der Waals surface area (Å²) < 4.78 is 0. The SMILES string of the molecule is O=C(NC[C@H]1CCCC[C@@H]1O)C(=O)Nc1cccc(Cl)c1. The molecular formula is C15H19ClN2O3. The smallest absolute Gasteiger partial charge is 0.313 e. The highest BCUT2D eigenvalue weighted by atomic mass is 35.5. The fourth-order valence-electron chi connectivity index (χ4n) is 2.48. The summed E-state index contributed by atoms with van der Waals surface area (Å²) in [4.78, 5) is 23.5. The summed E-state index contributed by atoms with van der Waals surface area (Å²) in [6.07, 6.45) is 3.30. The Hall–Kier alpha value is -1.59. The van der Waals surface area contributed by atoms with E-state index in [1.165, 1.54) is 0 Å². The highest BCUT2D eigenvalue weighted by molar-refractivity contribution is 6.39. The molecule has 1 aromatic rings. The third-order valence-corrected chi connectivity index (χ3v) is 3.92. The van der Waals surface area contributed by atoms with Crippen LogP contribution in [0.5, 0.6) is 0 Å². The number of halogens is 1. The van der Waals surface area contributed by atoms with Gasteiger partial charge in [-0.25, -0.2) is 0 Å². The summed E-state index contributed by atoms with van der Waals surface area (Å²) in [5.74, 6) is -1.41. The summed E-state index contributed by atoms with van der Waals surface area (Å²) in [6.45, 7) is 0.322. The van der Waals surface area contributed by atoms with Crippen molar-refractivity contribution < 1.29 is 14.7 Å². The van der Waals surface area contributed by atoms with E-state index in [0.717, 1.165) is 25.7 Å². The molecule has 6 heteroatoms. The number of hydrogen-bond donors (Lipinski definition) is 3. The lowest BCUT2D eigenvalue weighted by Gasteiger charge is -2.27. The number of aliphatic hydroxyl groups excluding tert-OH is 1. The Labute approximate surface area is 128 Å². The Bertz CT molecular complexity index is 521. The molecule has 1 fully saturated rings. The van der Waals surface area contributed by atoms with E-state index < -0.39 is 17.9 Å². The molecule has 114 valence electrons. The van der Waals surface area contributed by atoms with E-state index >= 15 is 0 Å². The molecule has 0 saturated heterocycles. The average Bonchev–Trinajstić information content (AvgIpc) is 2.46. The first-order valence-corrected chi connectivity index (χ1v) is 7.47. The monoisotopic (exact) mass is 310 g/mol. The van der Waals surface area contributed by atoms with Crippen molar-refractivity contribution in [2.24, 2.45) is 5.92 Å². The lowest BCUT2D eigenvalue weighted by Crippen LogP contribution is -2.41. The summed E-state index contributed by atoms with van der Waals surface area (Å²) >= 11 is 5.81. The Balaban J connectivity index is 1.81. The Morgan fingerprint density at radius 2 is 2.00 bits per heavy atom. The van der Waals surface area contributed by atoms with Crippen LogP contribution in [0.2, 0.25) is 5.02 Å². The molecule has 2 rings (SSSR count). The van der Waals surface area contributed by atoms with Gasteiger partial charge in [-0.3, -0.25) is 9.59 Å². The van der Waals surface area contributed by atoms with Gasteiger partial charge in [0.15, 0.2) is 0 Å². The van der Waals surface area contributed by atoms with Gasteiger partial charge in [0, 0.05) is 23.2 Å². The average molecular weight is 311 g/mol. The number of carbonyl (C=O) groups is 2. The van der Waals surface area contributed by atoms with Crippen LogP contribution in [-0.4, -0.2) is 29.6 Å². The zero-order valence-corrected chi connectivity index (χ0v) is 12.4. The number of anilines is 1. The maximum Gasteiger partial charge on any atom is 0.313 e. The molecule has 3 N–H and O–H groups in total. The van der Waals surface area contributed by atoms with Gasteiger partial charge in [0.1, 0.15) is 0 Å². The van der Waals surface area contributed by atoms with E-state index in [-0.39, 0.29) is 5.92 Å². The van der Waals surface area contributed by atoms with Crippen molar-refractivity contribution >= 4 is 29.1 Å².